The maximum absolute atomic E-state index is 10.2. The molecule has 0 saturated carbocycles. The van der Waals surface area contributed by atoms with E-state index in [0.717, 1.165) is 17.5 Å². The van der Waals surface area contributed by atoms with Crippen LogP contribution in [0.5, 0.6) is 5.75 Å². The van der Waals surface area contributed by atoms with Crippen LogP contribution in [-0.4, -0.2) is 5.11 Å². The Morgan fingerprint density at radius 2 is 1.82 bits per heavy atom. The molecule has 1 aromatic carbocycles. The number of phenols is 1. The van der Waals surface area contributed by atoms with Crippen LogP contribution < -0.4 is 0 Å². The average molecular weight is 234 g/mol. The number of phenolic OH excluding ortho intramolecular Hbond substituents is 1. The Labute approximate surface area is 106 Å². The Kier molecular flexibility index (Phi) is 5.54. The van der Waals surface area contributed by atoms with E-state index in [1.54, 1.807) is 0 Å². The van der Waals surface area contributed by atoms with Crippen LogP contribution in [0.3, 0.4) is 0 Å². The molecule has 1 heteroatoms. The summed E-state index contributed by atoms with van der Waals surface area (Å²) >= 11 is 0. The number of unbranched alkanes of at least 4 members (excludes halogenated alkanes) is 3. The van der Waals surface area contributed by atoms with Gasteiger partial charge >= 0.3 is 0 Å². The maximum Gasteiger partial charge on any atom is 0.122 e. The predicted molar refractivity (Wildman–Crippen MR) is 74.8 cm³/mol. The summed E-state index contributed by atoms with van der Waals surface area (Å²) in [5.41, 5.74) is 3.48. The lowest BCUT2D eigenvalue weighted by atomic mass is 9.94. The second-order valence-electron chi connectivity index (χ2n) is 5.33. The largest absolute Gasteiger partial charge is 0.507 e. The van der Waals surface area contributed by atoms with Gasteiger partial charge < -0.3 is 5.11 Å². The fourth-order valence-electron chi connectivity index (χ4n) is 2.26. The first-order valence-electron chi connectivity index (χ1n) is 6.88. The van der Waals surface area contributed by atoms with Crippen molar-refractivity contribution in [3.8, 4) is 5.75 Å². The van der Waals surface area contributed by atoms with Crippen molar-refractivity contribution in [2.75, 3.05) is 0 Å². The molecule has 0 spiro atoms. The molecular formula is C16H26O. The molecule has 0 aliphatic carbocycles. The molecule has 1 N–H and O–H groups in total. The highest BCUT2D eigenvalue weighted by Crippen LogP contribution is 2.31. The molecule has 1 aromatic rings. The highest BCUT2D eigenvalue weighted by molar-refractivity contribution is 5.45. The summed E-state index contributed by atoms with van der Waals surface area (Å²) in [6, 6.07) is 4.24. The van der Waals surface area contributed by atoms with Crippen molar-refractivity contribution in [1.29, 1.82) is 0 Å². The minimum absolute atomic E-state index is 0.393. The lowest BCUT2D eigenvalue weighted by molar-refractivity contribution is 0.455. The molecule has 0 aromatic heterocycles. The van der Waals surface area contributed by atoms with E-state index >= 15 is 0 Å². The SMILES string of the molecule is CCCCCCc1cc(C)cc(C(C)C)c1O. The van der Waals surface area contributed by atoms with Gasteiger partial charge in [-0.05, 0) is 36.8 Å². The van der Waals surface area contributed by atoms with E-state index in [1.165, 1.54) is 31.2 Å². The molecule has 0 heterocycles. The van der Waals surface area contributed by atoms with Gasteiger partial charge in [0.05, 0.1) is 0 Å². The number of benzene rings is 1. The molecule has 1 nitrogen and oxygen atoms in total. The van der Waals surface area contributed by atoms with E-state index in [9.17, 15) is 5.11 Å². The first-order valence-corrected chi connectivity index (χ1v) is 6.88. The highest BCUT2D eigenvalue weighted by Gasteiger charge is 2.11. The van der Waals surface area contributed by atoms with Gasteiger partial charge in [-0.3, -0.25) is 0 Å². The lowest BCUT2D eigenvalue weighted by Crippen LogP contribution is -1.95. The molecule has 17 heavy (non-hydrogen) atoms. The van der Waals surface area contributed by atoms with Gasteiger partial charge in [-0.15, -0.1) is 0 Å². The van der Waals surface area contributed by atoms with E-state index in [4.69, 9.17) is 0 Å². The predicted octanol–water partition coefficient (Wildman–Crippen LogP) is 4.95. The minimum Gasteiger partial charge on any atom is -0.507 e. The van der Waals surface area contributed by atoms with E-state index in [0.29, 0.717) is 11.7 Å². The van der Waals surface area contributed by atoms with Crippen molar-refractivity contribution >= 4 is 0 Å². The zero-order valence-corrected chi connectivity index (χ0v) is 11.7. The third-order valence-corrected chi connectivity index (χ3v) is 3.28. The monoisotopic (exact) mass is 234 g/mol. The van der Waals surface area contributed by atoms with Crippen LogP contribution >= 0.6 is 0 Å². The molecule has 0 bridgehead atoms. The molecule has 0 atom stereocenters. The molecule has 0 amide bonds. The van der Waals surface area contributed by atoms with Crippen molar-refractivity contribution in [2.24, 2.45) is 0 Å². The third-order valence-electron chi connectivity index (χ3n) is 3.28. The first-order chi connectivity index (χ1) is 8.06. The lowest BCUT2D eigenvalue weighted by Gasteiger charge is -2.14. The second kappa shape index (κ2) is 6.68. The van der Waals surface area contributed by atoms with Crippen molar-refractivity contribution in [1.82, 2.24) is 0 Å². The zero-order chi connectivity index (χ0) is 12.8. The van der Waals surface area contributed by atoms with Gasteiger partial charge in [-0.25, -0.2) is 0 Å². The van der Waals surface area contributed by atoms with Gasteiger partial charge in [0.25, 0.3) is 0 Å². The zero-order valence-electron chi connectivity index (χ0n) is 11.7. The van der Waals surface area contributed by atoms with Crippen LogP contribution in [0, 0.1) is 6.92 Å². The van der Waals surface area contributed by atoms with Gasteiger partial charge in [-0.2, -0.15) is 0 Å². The summed E-state index contributed by atoms with van der Waals surface area (Å²) < 4.78 is 0. The Balaban J connectivity index is 2.77. The van der Waals surface area contributed by atoms with Crippen LogP contribution in [-0.2, 0) is 6.42 Å². The molecule has 1 rings (SSSR count). The number of aromatic hydroxyl groups is 1. The second-order valence-corrected chi connectivity index (χ2v) is 5.33. The Hall–Kier alpha value is -0.980. The molecule has 0 fully saturated rings. The molecular weight excluding hydrogens is 208 g/mol. The van der Waals surface area contributed by atoms with Crippen LogP contribution in [0.15, 0.2) is 12.1 Å². The normalized spacial score (nSPS) is 11.1. The number of hydrogen-bond acceptors (Lipinski definition) is 1. The van der Waals surface area contributed by atoms with E-state index < -0.39 is 0 Å². The van der Waals surface area contributed by atoms with Gasteiger partial charge in [-0.1, -0.05) is 57.7 Å². The molecule has 0 radical (unpaired) electrons. The molecule has 0 aliphatic rings. The highest BCUT2D eigenvalue weighted by atomic mass is 16.3. The first kappa shape index (κ1) is 14.1. The van der Waals surface area contributed by atoms with Crippen molar-refractivity contribution in [3.05, 3.63) is 28.8 Å². The summed E-state index contributed by atoms with van der Waals surface area (Å²) in [4.78, 5) is 0. The van der Waals surface area contributed by atoms with Crippen molar-refractivity contribution in [2.45, 2.75) is 65.7 Å². The van der Waals surface area contributed by atoms with Gasteiger partial charge in [0.1, 0.15) is 5.75 Å². The van der Waals surface area contributed by atoms with Crippen molar-refractivity contribution < 1.29 is 5.11 Å². The van der Waals surface area contributed by atoms with Gasteiger partial charge in [0.15, 0.2) is 0 Å². The Bertz CT molecular complexity index is 353. The van der Waals surface area contributed by atoms with E-state index in [-0.39, 0.29) is 0 Å². The number of aryl methyl sites for hydroxylation is 2. The summed E-state index contributed by atoms with van der Waals surface area (Å²) in [5.74, 6) is 0.923. The van der Waals surface area contributed by atoms with Crippen LogP contribution in [0.4, 0.5) is 0 Å². The number of rotatable bonds is 6. The van der Waals surface area contributed by atoms with Gasteiger partial charge in [0, 0.05) is 0 Å². The molecule has 0 saturated heterocycles. The van der Waals surface area contributed by atoms with E-state index in [2.05, 4.69) is 39.8 Å². The molecule has 96 valence electrons. The molecule has 0 unspecified atom stereocenters. The van der Waals surface area contributed by atoms with E-state index in [1.807, 2.05) is 0 Å². The smallest absolute Gasteiger partial charge is 0.122 e. The fourth-order valence-corrected chi connectivity index (χ4v) is 2.26. The average Bonchev–Trinajstić information content (AvgIpc) is 2.28. The minimum atomic E-state index is 0.393. The topological polar surface area (TPSA) is 20.2 Å². The summed E-state index contributed by atoms with van der Waals surface area (Å²) in [6.45, 7) is 8.60. The summed E-state index contributed by atoms with van der Waals surface area (Å²) in [7, 11) is 0. The number of hydrogen-bond donors (Lipinski definition) is 1. The van der Waals surface area contributed by atoms with Crippen LogP contribution in [0.25, 0.3) is 0 Å². The standard InChI is InChI=1S/C16H26O/c1-5-6-7-8-9-14-10-13(4)11-15(12(2)3)16(14)17/h10-12,17H,5-9H2,1-4H3. The van der Waals surface area contributed by atoms with Crippen molar-refractivity contribution in [3.63, 3.8) is 0 Å². The summed E-state index contributed by atoms with van der Waals surface area (Å²) in [6.07, 6.45) is 6.01. The maximum atomic E-state index is 10.2. The quantitative estimate of drug-likeness (QED) is 0.691. The van der Waals surface area contributed by atoms with Crippen LogP contribution in [0.2, 0.25) is 0 Å². The van der Waals surface area contributed by atoms with Crippen LogP contribution in [0.1, 0.15) is 69.1 Å². The Morgan fingerprint density at radius 3 is 2.41 bits per heavy atom. The third kappa shape index (κ3) is 4.07. The molecule has 0 aliphatic heterocycles. The summed E-state index contributed by atoms with van der Waals surface area (Å²) in [5, 5.41) is 10.2. The fraction of sp³-hybridized carbons (Fsp3) is 0.625. The van der Waals surface area contributed by atoms with Gasteiger partial charge in [0.2, 0.25) is 0 Å². The Morgan fingerprint density at radius 1 is 1.12 bits per heavy atom.